The molecule has 1 aromatic carbocycles. The number of nitrogens with zero attached hydrogens (tertiary/aromatic N) is 2. The van der Waals surface area contributed by atoms with Gasteiger partial charge < -0.3 is 25.3 Å². The fourth-order valence-electron chi connectivity index (χ4n) is 6.68. The average Bonchev–Trinajstić information content (AvgIpc) is 3.57. The maximum atomic E-state index is 11.8. The molecule has 4 N–H and O–H groups in total. The molecule has 0 aliphatic heterocycles. The molecule has 0 bridgehead atoms. The van der Waals surface area contributed by atoms with Gasteiger partial charge in [0, 0.05) is 23.2 Å². The Morgan fingerprint density at radius 1 is 1.17 bits per heavy atom. The number of hydrogen-bond donors (Lipinski definition) is 3. The number of nitrogens with two attached hydrogens (primary N) is 1. The highest BCUT2D eigenvalue weighted by Crippen LogP contribution is 2.43. The molecule has 3 unspecified atom stereocenters. The summed E-state index contributed by atoms with van der Waals surface area (Å²) in [7, 11) is 1.65. The lowest BCUT2D eigenvalue weighted by atomic mass is 9.63. The molecule has 3 aromatic rings. The minimum atomic E-state index is -0.878. The van der Waals surface area contributed by atoms with Gasteiger partial charge >= 0.3 is 5.97 Å². The van der Waals surface area contributed by atoms with Crippen molar-refractivity contribution in [3.8, 4) is 27.7 Å². The minimum absolute atomic E-state index is 0.133. The van der Waals surface area contributed by atoms with Crippen LogP contribution in [0.3, 0.4) is 0 Å². The number of aromatic carboxylic acids is 1. The van der Waals surface area contributed by atoms with E-state index in [2.05, 4.69) is 25.3 Å². The molecule has 0 spiro atoms. The second kappa shape index (κ2) is 13.5. The van der Waals surface area contributed by atoms with E-state index >= 15 is 0 Å². The smallest absolute Gasteiger partial charge is 0.337 e. The standard InChI is InChI=1S/C23H26N2O3S.C10H21NO/c1-15-19(23(26)27)12-21(25(15)13-16-6-4-3-5-7-16)20-14-29-22(24-20)17-8-10-18(28-2)11-9-17;1-7-8(6-11)10(2,3)5-4-9(7)12/h8-12,14,16H,3-7,13H2,1-2H3,(H,26,27);7-9,12H,4-6,11H2,1-3H3. The SMILES string of the molecule is CC1C(O)CCC(C)(C)C1CN.COc1ccc(-c2nc(-c3cc(C(=O)O)c(C)n3CC3CCCCC3)cs2)cc1. The molecule has 2 saturated carbocycles. The predicted molar refractivity (Wildman–Crippen MR) is 167 cm³/mol. The van der Waals surface area contributed by atoms with Crippen molar-refractivity contribution in [2.75, 3.05) is 13.7 Å². The zero-order valence-corrected chi connectivity index (χ0v) is 26.0. The summed E-state index contributed by atoms with van der Waals surface area (Å²) in [6.07, 6.45) is 8.18. The van der Waals surface area contributed by atoms with Crippen LogP contribution in [0, 0.1) is 30.1 Å². The molecule has 2 fully saturated rings. The second-order valence-electron chi connectivity index (χ2n) is 12.5. The van der Waals surface area contributed by atoms with Crippen LogP contribution in [-0.2, 0) is 6.54 Å². The van der Waals surface area contributed by atoms with Crippen molar-refractivity contribution in [3.05, 3.63) is 47.0 Å². The second-order valence-corrected chi connectivity index (χ2v) is 13.4. The molecular formula is C33H47N3O4S. The van der Waals surface area contributed by atoms with Crippen molar-refractivity contribution in [1.29, 1.82) is 0 Å². The fraction of sp³-hybridized carbons (Fsp3) is 0.576. The van der Waals surface area contributed by atoms with E-state index in [1.165, 1.54) is 32.1 Å². The number of thiazole rings is 1. The van der Waals surface area contributed by atoms with Crippen LogP contribution < -0.4 is 10.5 Å². The molecule has 0 radical (unpaired) electrons. The number of aliphatic hydroxyl groups is 1. The highest BCUT2D eigenvalue weighted by molar-refractivity contribution is 7.13. The molecule has 7 nitrogen and oxygen atoms in total. The van der Waals surface area contributed by atoms with Gasteiger partial charge in [0.05, 0.1) is 30.2 Å². The van der Waals surface area contributed by atoms with Crippen LogP contribution in [0.4, 0.5) is 0 Å². The Morgan fingerprint density at radius 2 is 1.85 bits per heavy atom. The lowest BCUT2D eigenvalue weighted by Gasteiger charge is -2.44. The van der Waals surface area contributed by atoms with E-state index in [1.54, 1.807) is 24.5 Å². The number of aromatic nitrogens is 2. The van der Waals surface area contributed by atoms with Crippen LogP contribution in [-0.4, -0.2) is 45.5 Å². The summed E-state index contributed by atoms with van der Waals surface area (Å²) >= 11 is 1.58. The Morgan fingerprint density at radius 3 is 2.44 bits per heavy atom. The molecule has 5 rings (SSSR count). The number of carboxylic acids is 1. The van der Waals surface area contributed by atoms with E-state index < -0.39 is 5.97 Å². The van der Waals surface area contributed by atoms with Crippen LogP contribution in [0.5, 0.6) is 5.75 Å². The van der Waals surface area contributed by atoms with E-state index in [9.17, 15) is 15.0 Å². The van der Waals surface area contributed by atoms with Gasteiger partial charge in [0.1, 0.15) is 10.8 Å². The Bertz CT molecular complexity index is 1290. The number of aliphatic hydroxyl groups excluding tert-OH is 1. The highest BCUT2D eigenvalue weighted by atomic mass is 32.1. The van der Waals surface area contributed by atoms with Gasteiger partial charge in [0.2, 0.25) is 0 Å². The fourth-order valence-corrected chi connectivity index (χ4v) is 7.50. The molecule has 2 aliphatic rings. The maximum absolute atomic E-state index is 11.8. The average molecular weight is 582 g/mol. The first-order valence-corrected chi connectivity index (χ1v) is 15.9. The number of rotatable bonds is 7. The summed E-state index contributed by atoms with van der Waals surface area (Å²) in [6.45, 7) is 10.1. The normalized spacial score (nSPS) is 22.6. The third-order valence-electron chi connectivity index (χ3n) is 9.45. The minimum Gasteiger partial charge on any atom is -0.497 e. The molecular weight excluding hydrogens is 534 g/mol. The molecule has 41 heavy (non-hydrogen) atoms. The van der Waals surface area contributed by atoms with Crippen molar-refractivity contribution < 1.29 is 19.7 Å². The summed E-state index contributed by atoms with van der Waals surface area (Å²) in [5.74, 6) is 1.38. The topological polar surface area (TPSA) is 111 Å². The molecule has 2 aromatic heterocycles. The molecule has 0 amide bonds. The number of methoxy groups -OCH3 is 1. The van der Waals surface area contributed by atoms with Crippen LogP contribution in [0.15, 0.2) is 35.7 Å². The number of benzene rings is 1. The number of hydrogen-bond acceptors (Lipinski definition) is 6. The van der Waals surface area contributed by atoms with Gasteiger partial charge in [-0.15, -0.1) is 11.3 Å². The quantitative estimate of drug-likeness (QED) is 0.271. The van der Waals surface area contributed by atoms with E-state index in [-0.39, 0.29) is 6.10 Å². The third-order valence-corrected chi connectivity index (χ3v) is 10.3. The summed E-state index contributed by atoms with van der Waals surface area (Å²) in [6, 6.07) is 9.63. The number of carboxylic acid groups (broad SMARTS) is 1. The first kappa shape index (κ1) is 31.3. The summed E-state index contributed by atoms with van der Waals surface area (Å²) in [5.41, 5.74) is 9.99. The van der Waals surface area contributed by atoms with Crippen molar-refractivity contribution >= 4 is 17.3 Å². The number of ether oxygens (including phenoxy) is 1. The Balaban J connectivity index is 0.000000271. The van der Waals surface area contributed by atoms with Crippen LogP contribution in [0.1, 0.15) is 81.8 Å². The van der Waals surface area contributed by atoms with E-state index in [1.807, 2.05) is 36.6 Å². The molecule has 0 saturated heterocycles. The zero-order valence-electron chi connectivity index (χ0n) is 25.2. The van der Waals surface area contributed by atoms with Gasteiger partial charge in [-0.1, -0.05) is 40.0 Å². The Kier molecular flexibility index (Phi) is 10.3. The van der Waals surface area contributed by atoms with E-state index in [4.69, 9.17) is 15.5 Å². The summed E-state index contributed by atoms with van der Waals surface area (Å²) in [5, 5.41) is 22.2. The van der Waals surface area contributed by atoms with Gasteiger partial charge in [-0.3, -0.25) is 0 Å². The first-order chi connectivity index (χ1) is 19.6. The van der Waals surface area contributed by atoms with Gasteiger partial charge in [-0.05, 0) is 92.7 Å². The monoisotopic (exact) mass is 581 g/mol. The zero-order chi connectivity index (χ0) is 29.7. The van der Waals surface area contributed by atoms with Crippen LogP contribution >= 0.6 is 11.3 Å². The summed E-state index contributed by atoms with van der Waals surface area (Å²) < 4.78 is 7.40. The lowest BCUT2D eigenvalue weighted by Crippen LogP contribution is -2.44. The first-order valence-electron chi connectivity index (χ1n) is 15.0. The van der Waals surface area contributed by atoms with Crippen molar-refractivity contribution in [1.82, 2.24) is 9.55 Å². The maximum Gasteiger partial charge on any atom is 0.337 e. The third kappa shape index (κ3) is 7.22. The van der Waals surface area contributed by atoms with E-state index in [0.29, 0.717) is 35.3 Å². The van der Waals surface area contributed by atoms with Crippen LogP contribution in [0.25, 0.3) is 22.0 Å². The highest BCUT2D eigenvalue weighted by Gasteiger charge is 2.40. The Hall–Kier alpha value is -2.68. The largest absolute Gasteiger partial charge is 0.497 e. The van der Waals surface area contributed by atoms with Crippen LogP contribution in [0.2, 0.25) is 0 Å². The molecule has 3 atom stereocenters. The van der Waals surface area contributed by atoms with Gasteiger partial charge in [-0.2, -0.15) is 0 Å². The molecule has 224 valence electrons. The van der Waals surface area contributed by atoms with Crippen molar-refractivity contribution in [2.24, 2.45) is 28.9 Å². The predicted octanol–water partition coefficient (Wildman–Crippen LogP) is 7.25. The van der Waals surface area contributed by atoms with Gasteiger partial charge in [0.15, 0.2) is 0 Å². The van der Waals surface area contributed by atoms with Gasteiger partial charge in [-0.25, -0.2) is 9.78 Å². The van der Waals surface area contributed by atoms with Gasteiger partial charge in [0.25, 0.3) is 0 Å². The molecule has 2 heterocycles. The molecule has 2 aliphatic carbocycles. The van der Waals surface area contributed by atoms with Crippen molar-refractivity contribution in [2.45, 2.75) is 85.3 Å². The lowest BCUT2D eigenvalue weighted by molar-refractivity contribution is -0.0207. The summed E-state index contributed by atoms with van der Waals surface area (Å²) in [4.78, 5) is 16.6. The Labute approximate surface area is 248 Å². The van der Waals surface area contributed by atoms with Crippen molar-refractivity contribution in [3.63, 3.8) is 0 Å². The molecule has 8 heteroatoms. The van der Waals surface area contributed by atoms with E-state index in [0.717, 1.165) is 52.8 Å². The number of carbonyl (C=O) groups is 1.